The Bertz CT molecular complexity index is 415. The molecule has 0 saturated carbocycles. The van der Waals surface area contributed by atoms with E-state index in [1.165, 1.54) is 0 Å². The maximum Gasteiger partial charge on any atom is 0.336 e. The Morgan fingerprint density at radius 2 is 1.61 bits per heavy atom. The van der Waals surface area contributed by atoms with Crippen LogP contribution in [0.4, 0.5) is 0 Å². The molecule has 0 heterocycles. The minimum atomic E-state index is -2.16. The molecule has 11 nitrogen and oxygen atoms in total. The molecule has 1 atom stereocenters. The molecule has 0 aromatic carbocycles. The third-order valence-corrected chi connectivity index (χ3v) is 3.20. The van der Waals surface area contributed by atoms with Gasteiger partial charge in [-0.25, -0.2) is 10.7 Å². The summed E-state index contributed by atoms with van der Waals surface area (Å²) in [5, 5.41) is 9.07. The van der Waals surface area contributed by atoms with Gasteiger partial charge in [0.2, 0.25) is 0 Å². The summed E-state index contributed by atoms with van der Waals surface area (Å²) < 4.78 is 0. The molecule has 1 unspecified atom stereocenters. The first kappa shape index (κ1) is 14.7. The van der Waals surface area contributed by atoms with E-state index in [0.29, 0.717) is 0 Å². The summed E-state index contributed by atoms with van der Waals surface area (Å²) in [4.78, 5) is 15.6. The van der Waals surface area contributed by atoms with E-state index < -0.39 is 40.3 Å². The van der Waals surface area contributed by atoms with Crippen LogP contribution >= 0.6 is 0 Å². The molecular weight excluding hydrogens is 244 g/mol. The Kier molecular flexibility index (Phi) is 3.15. The van der Waals surface area contributed by atoms with Crippen molar-refractivity contribution >= 4 is 5.97 Å². The SMILES string of the molecule is NOC1C(C(=O)O)=C(N)C(N)(N)C(N)(N)C1(N)N. The average molecular weight is 262 g/mol. The predicted molar refractivity (Wildman–Crippen MR) is 61.2 cm³/mol. The lowest BCUT2D eigenvalue weighted by molar-refractivity contribution is -0.137. The van der Waals surface area contributed by atoms with Crippen LogP contribution in [-0.2, 0) is 9.63 Å². The molecule has 1 aliphatic rings. The zero-order chi connectivity index (χ0) is 14.5. The van der Waals surface area contributed by atoms with E-state index in [0.717, 1.165) is 0 Å². The standard InChI is InChI=1S/C7H18N8O3/c8-2-1(4(16)17)3(18-15)6(11,12)7(13,14)5(2,9)10/h3H,8-15H2,(H,16,17). The zero-order valence-corrected chi connectivity index (χ0v) is 9.46. The lowest BCUT2D eigenvalue weighted by Crippen LogP contribution is -2.95. The van der Waals surface area contributed by atoms with Gasteiger partial charge in [-0.3, -0.25) is 4.84 Å². The fourth-order valence-corrected chi connectivity index (χ4v) is 1.81. The number of aliphatic carboxylic acids is 1. The highest BCUT2D eigenvalue weighted by atomic mass is 16.6. The van der Waals surface area contributed by atoms with Gasteiger partial charge < -0.3 is 45.2 Å². The highest BCUT2D eigenvalue weighted by Gasteiger charge is 2.64. The van der Waals surface area contributed by atoms with Gasteiger partial charge in [0.05, 0.1) is 11.3 Å². The van der Waals surface area contributed by atoms with Crippen LogP contribution in [0.25, 0.3) is 0 Å². The quantitative estimate of drug-likeness (QED) is 0.167. The summed E-state index contributed by atoms with van der Waals surface area (Å²) in [5.74, 6) is 3.47. The predicted octanol–water partition coefficient (Wildman–Crippen LogP) is -5.60. The van der Waals surface area contributed by atoms with Crippen molar-refractivity contribution in [3.8, 4) is 0 Å². The van der Waals surface area contributed by atoms with Crippen molar-refractivity contribution in [3.05, 3.63) is 11.3 Å². The van der Waals surface area contributed by atoms with E-state index in [-0.39, 0.29) is 0 Å². The van der Waals surface area contributed by atoms with Crippen molar-refractivity contribution in [1.82, 2.24) is 0 Å². The monoisotopic (exact) mass is 262 g/mol. The molecule has 0 radical (unpaired) electrons. The molecule has 0 amide bonds. The van der Waals surface area contributed by atoms with E-state index in [1.54, 1.807) is 0 Å². The second kappa shape index (κ2) is 3.84. The van der Waals surface area contributed by atoms with Crippen LogP contribution < -0.4 is 46.0 Å². The number of nitrogens with two attached hydrogens (primary N) is 8. The smallest absolute Gasteiger partial charge is 0.336 e. The summed E-state index contributed by atoms with van der Waals surface area (Å²) in [6.45, 7) is 0. The first-order valence-corrected chi connectivity index (χ1v) is 4.75. The minimum absolute atomic E-state index is 0.512. The van der Waals surface area contributed by atoms with Crippen LogP contribution in [0, 0.1) is 0 Å². The van der Waals surface area contributed by atoms with Gasteiger partial charge in [0.1, 0.15) is 23.1 Å². The number of carboxylic acids is 1. The van der Waals surface area contributed by atoms with Gasteiger partial charge in [-0.1, -0.05) is 0 Å². The van der Waals surface area contributed by atoms with Gasteiger partial charge in [0.25, 0.3) is 0 Å². The van der Waals surface area contributed by atoms with Gasteiger partial charge in [-0.2, -0.15) is 0 Å². The second-order valence-corrected chi connectivity index (χ2v) is 4.32. The van der Waals surface area contributed by atoms with Crippen LogP contribution in [-0.4, -0.2) is 34.2 Å². The van der Waals surface area contributed by atoms with Crippen LogP contribution in [0.2, 0.25) is 0 Å². The Morgan fingerprint density at radius 1 is 1.17 bits per heavy atom. The fourth-order valence-electron chi connectivity index (χ4n) is 1.81. The highest BCUT2D eigenvalue weighted by molar-refractivity contribution is 5.90. The highest BCUT2D eigenvalue weighted by Crippen LogP contribution is 2.34. The van der Waals surface area contributed by atoms with E-state index >= 15 is 0 Å². The third-order valence-electron chi connectivity index (χ3n) is 3.20. The summed E-state index contributed by atoms with van der Waals surface area (Å²) in [7, 11) is 0. The Morgan fingerprint density at radius 3 is 1.94 bits per heavy atom. The van der Waals surface area contributed by atoms with Gasteiger partial charge in [0, 0.05) is 0 Å². The lowest BCUT2D eigenvalue weighted by Gasteiger charge is -2.55. The van der Waals surface area contributed by atoms with Crippen LogP contribution in [0.3, 0.4) is 0 Å². The molecule has 0 fully saturated rings. The average Bonchev–Trinajstić information content (AvgIpc) is 2.21. The number of hydrogen-bond donors (Lipinski definition) is 9. The second-order valence-electron chi connectivity index (χ2n) is 4.32. The first-order chi connectivity index (χ1) is 7.92. The molecule has 11 heteroatoms. The largest absolute Gasteiger partial charge is 0.478 e. The van der Waals surface area contributed by atoms with E-state index in [1.807, 2.05) is 0 Å². The van der Waals surface area contributed by atoms with Crippen molar-refractivity contribution in [2.24, 2.45) is 46.0 Å². The van der Waals surface area contributed by atoms with Gasteiger partial charge in [0.15, 0.2) is 0 Å². The summed E-state index contributed by atoms with van der Waals surface area (Å²) >= 11 is 0. The molecule has 0 spiro atoms. The molecule has 0 bridgehead atoms. The van der Waals surface area contributed by atoms with Crippen molar-refractivity contribution in [2.75, 3.05) is 0 Å². The van der Waals surface area contributed by atoms with Gasteiger partial charge in [-0.05, 0) is 0 Å². The van der Waals surface area contributed by atoms with Crippen molar-refractivity contribution in [3.63, 3.8) is 0 Å². The maximum atomic E-state index is 11.1. The normalized spacial score (nSPS) is 29.2. The van der Waals surface area contributed by atoms with Crippen molar-refractivity contribution in [2.45, 2.75) is 23.1 Å². The molecule has 18 heavy (non-hydrogen) atoms. The number of hydrogen-bond acceptors (Lipinski definition) is 10. The maximum absolute atomic E-state index is 11.1. The van der Waals surface area contributed by atoms with Crippen LogP contribution in [0.15, 0.2) is 11.3 Å². The molecule has 1 aliphatic carbocycles. The number of carboxylic acid groups (broad SMARTS) is 1. The summed E-state index contributed by atoms with van der Waals surface area (Å²) in [6.07, 6.45) is -1.58. The molecule has 0 saturated heterocycles. The van der Waals surface area contributed by atoms with Crippen molar-refractivity contribution in [1.29, 1.82) is 0 Å². The van der Waals surface area contributed by atoms with E-state index in [2.05, 4.69) is 4.84 Å². The van der Waals surface area contributed by atoms with Crippen LogP contribution in [0.1, 0.15) is 0 Å². The van der Waals surface area contributed by atoms with Gasteiger partial charge in [-0.15, -0.1) is 0 Å². The molecule has 0 aromatic rings. The molecular formula is C7H18N8O3. The van der Waals surface area contributed by atoms with E-state index in [9.17, 15) is 4.79 Å². The molecule has 104 valence electrons. The Balaban J connectivity index is 3.65. The molecule has 1 rings (SSSR count). The zero-order valence-electron chi connectivity index (χ0n) is 9.46. The number of rotatable bonds is 2. The molecule has 0 aromatic heterocycles. The topological polar surface area (TPSA) is 255 Å². The minimum Gasteiger partial charge on any atom is -0.478 e. The Hall–Kier alpha value is -1.31. The van der Waals surface area contributed by atoms with Crippen LogP contribution in [0.5, 0.6) is 0 Å². The lowest BCUT2D eigenvalue weighted by atomic mass is 9.70. The van der Waals surface area contributed by atoms with E-state index in [4.69, 9.17) is 51.1 Å². The van der Waals surface area contributed by atoms with Gasteiger partial charge >= 0.3 is 5.97 Å². The molecule has 0 aliphatic heterocycles. The first-order valence-electron chi connectivity index (χ1n) is 4.75. The summed E-state index contributed by atoms with van der Waals surface area (Å²) in [5.41, 5.74) is 32.0. The summed E-state index contributed by atoms with van der Waals surface area (Å²) in [6, 6.07) is 0. The fraction of sp³-hybridized carbons (Fsp3) is 0.571. The third kappa shape index (κ3) is 1.51. The number of carbonyl (C=O) groups is 1. The Labute approximate surface area is 102 Å². The molecule has 17 N–H and O–H groups in total. The van der Waals surface area contributed by atoms with Crippen molar-refractivity contribution < 1.29 is 14.7 Å².